The quantitative estimate of drug-likeness (QED) is 0.722. The summed E-state index contributed by atoms with van der Waals surface area (Å²) in [6.07, 6.45) is 2.87. The van der Waals surface area contributed by atoms with Crippen molar-refractivity contribution in [1.82, 2.24) is 9.47 Å². The Hall–Kier alpha value is -3.21. The van der Waals surface area contributed by atoms with Crippen molar-refractivity contribution in [3.05, 3.63) is 83.7 Å². The van der Waals surface area contributed by atoms with E-state index < -0.39 is 0 Å². The molecule has 5 nitrogen and oxygen atoms in total. The maximum Gasteiger partial charge on any atom is 0.322 e. The van der Waals surface area contributed by atoms with Crippen LogP contribution in [-0.4, -0.2) is 29.2 Å². The van der Waals surface area contributed by atoms with Crippen LogP contribution in [0.5, 0.6) is 5.75 Å². The fraction of sp³-hybridized carbons (Fsp3) is 0.261. The molecule has 0 aliphatic carbocycles. The molecule has 0 spiro atoms. The Bertz CT molecular complexity index is 965. The van der Waals surface area contributed by atoms with Crippen LogP contribution in [0.25, 0.3) is 0 Å². The van der Waals surface area contributed by atoms with E-state index in [1.54, 1.807) is 7.11 Å². The molecule has 0 saturated heterocycles. The Labute approximate surface area is 165 Å². The zero-order valence-electron chi connectivity index (χ0n) is 16.3. The third-order valence-electron chi connectivity index (χ3n) is 5.29. The molecule has 1 atom stereocenters. The number of fused-ring (bicyclic) bond motifs is 1. The lowest BCUT2D eigenvalue weighted by molar-refractivity contribution is 0.167. The Morgan fingerprint density at radius 1 is 1.11 bits per heavy atom. The number of aryl methyl sites for hydroxylation is 1. The minimum Gasteiger partial charge on any atom is -0.495 e. The summed E-state index contributed by atoms with van der Waals surface area (Å²) in [5.74, 6) is 0.666. The summed E-state index contributed by atoms with van der Waals surface area (Å²) in [6.45, 7) is 3.46. The summed E-state index contributed by atoms with van der Waals surface area (Å²) >= 11 is 0. The van der Waals surface area contributed by atoms with Crippen molar-refractivity contribution in [3.8, 4) is 5.75 Å². The highest BCUT2D eigenvalue weighted by atomic mass is 16.5. The van der Waals surface area contributed by atoms with Gasteiger partial charge in [-0.15, -0.1) is 0 Å². The summed E-state index contributed by atoms with van der Waals surface area (Å²) in [5.41, 5.74) is 4.16. The number of anilines is 1. The third kappa shape index (κ3) is 3.60. The molecule has 2 amide bonds. The van der Waals surface area contributed by atoms with Gasteiger partial charge in [0, 0.05) is 25.0 Å². The zero-order chi connectivity index (χ0) is 19.5. The van der Waals surface area contributed by atoms with E-state index in [-0.39, 0.29) is 12.1 Å². The van der Waals surface area contributed by atoms with Crippen molar-refractivity contribution >= 4 is 11.7 Å². The Kier molecular flexibility index (Phi) is 5.06. The first-order valence-electron chi connectivity index (χ1n) is 9.57. The Balaban J connectivity index is 1.61. The molecule has 0 radical (unpaired) electrons. The van der Waals surface area contributed by atoms with Gasteiger partial charge in [-0.2, -0.15) is 0 Å². The number of ether oxygens (including phenoxy) is 1. The van der Waals surface area contributed by atoms with Gasteiger partial charge in [0.05, 0.1) is 18.8 Å². The monoisotopic (exact) mass is 375 g/mol. The van der Waals surface area contributed by atoms with Crippen LogP contribution in [-0.2, 0) is 13.0 Å². The maximum absolute atomic E-state index is 13.2. The molecule has 4 rings (SSSR count). The summed E-state index contributed by atoms with van der Waals surface area (Å²) in [6, 6.07) is 20.2. The van der Waals surface area contributed by atoms with Gasteiger partial charge in [0.25, 0.3) is 0 Å². The topological polar surface area (TPSA) is 46.5 Å². The van der Waals surface area contributed by atoms with Gasteiger partial charge in [0.1, 0.15) is 5.75 Å². The van der Waals surface area contributed by atoms with Gasteiger partial charge in [-0.25, -0.2) is 4.79 Å². The first-order valence-corrected chi connectivity index (χ1v) is 9.57. The van der Waals surface area contributed by atoms with Crippen LogP contribution >= 0.6 is 0 Å². The summed E-state index contributed by atoms with van der Waals surface area (Å²) < 4.78 is 7.66. The van der Waals surface area contributed by atoms with Gasteiger partial charge in [0.15, 0.2) is 0 Å². The van der Waals surface area contributed by atoms with Crippen LogP contribution < -0.4 is 10.1 Å². The normalized spacial score (nSPS) is 15.8. The van der Waals surface area contributed by atoms with Crippen molar-refractivity contribution in [3.63, 3.8) is 0 Å². The van der Waals surface area contributed by atoms with Gasteiger partial charge in [-0.05, 0) is 48.7 Å². The minimum absolute atomic E-state index is 0.0121. The van der Waals surface area contributed by atoms with E-state index in [0.717, 1.165) is 18.5 Å². The van der Waals surface area contributed by atoms with Crippen LogP contribution in [0.1, 0.15) is 22.9 Å². The number of nitrogens with one attached hydrogen (secondary N) is 1. The maximum atomic E-state index is 13.2. The summed E-state index contributed by atoms with van der Waals surface area (Å²) in [5, 5.41) is 3.06. The molecule has 0 unspecified atom stereocenters. The molecule has 0 fully saturated rings. The van der Waals surface area contributed by atoms with E-state index in [2.05, 4.69) is 40.3 Å². The molecule has 1 aromatic heterocycles. The Morgan fingerprint density at radius 2 is 1.93 bits per heavy atom. The second kappa shape index (κ2) is 7.80. The number of carbonyl (C=O) groups is 1. The number of hydrogen-bond donors (Lipinski definition) is 1. The fourth-order valence-electron chi connectivity index (χ4n) is 3.87. The zero-order valence-corrected chi connectivity index (χ0v) is 16.3. The number of rotatable bonds is 4. The molecular weight excluding hydrogens is 350 g/mol. The molecule has 5 heteroatoms. The van der Waals surface area contributed by atoms with Gasteiger partial charge in [-0.3, -0.25) is 0 Å². The van der Waals surface area contributed by atoms with Crippen molar-refractivity contribution in [2.45, 2.75) is 25.9 Å². The highest BCUT2D eigenvalue weighted by Crippen LogP contribution is 2.31. The molecule has 3 aromatic rings. The molecule has 28 heavy (non-hydrogen) atoms. The number of nitrogens with zero attached hydrogens (tertiary/aromatic N) is 2. The van der Waals surface area contributed by atoms with E-state index in [9.17, 15) is 4.79 Å². The molecule has 1 N–H and O–H groups in total. The second-order valence-electron chi connectivity index (χ2n) is 7.16. The van der Waals surface area contributed by atoms with Gasteiger partial charge in [0.2, 0.25) is 0 Å². The molecule has 2 heterocycles. The van der Waals surface area contributed by atoms with Crippen molar-refractivity contribution < 1.29 is 9.53 Å². The molecule has 1 aliphatic heterocycles. The lowest BCUT2D eigenvalue weighted by atomic mass is 10.0. The van der Waals surface area contributed by atoms with E-state index in [0.29, 0.717) is 18.0 Å². The highest BCUT2D eigenvalue weighted by Gasteiger charge is 2.31. The minimum atomic E-state index is -0.0997. The van der Waals surface area contributed by atoms with Gasteiger partial charge >= 0.3 is 6.03 Å². The molecule has 2 aromatic carbocycles. The van der Waals surface area contributed by atoms with Crippen LogP contribution in [0.4, 0.5) is 10.5 Å². The number of amides is 2. The number of urea groups is 1. The van der Waals surface area contributed by atoms with Crippen LogP contribution in [0.3, 0.4) is 0 Å². The number of carbonyl (C=O) groups excluding carboxylic acids is 1. The van der Waals surface area contributed by atoms with E-state index in [1.807, 2.05) is 48.2 Å². The van der Waals surface area contributed by atoms with Crippen molar-refractivity contribution in [2.75, 3.05) is 19.0 Å². The number of hydrogen-bond acceptors (Lipinski definition) is 2. The SMILES string of the molecule is COc1ccc(C)cc1NC(=O)N1CCn2cccc2[C@H]1Cc1ccccc1. The van der Waals surface area contributed by atoms with Crippen LogP contribution in [0.15, 0.2) is 66.9 Å². The molecular formula is C23H25N3O2. The largest absolute Gasteiger partial charge is 0.495 e. The third-order valence-corrected chi connectivity index (χ3v) is 5.29. The summed E-state index contributed by atoms with van der Waals surface area (Å²) in [7, 11) is 1.62. The average Bonchev–Trinajstić information content (AvgIpc) is 3.18. The van der Waals surface area contributed by atoms with Gasteiger partial charge in [-0.1, -0.05) is 36.4 Å². The number of aromatic nitrogens is 1. The van der Waals surface area contributed by atoms with Crippen molar-refractivity contribution in [2.24, 2.45) is 0 Å². The van der Waals surface area contributed by atoms with Crippen molar-refractivity contribution in [1.29, 1.82) is 0 Å². The number of methoxy groups -OCH3 is 1. The standard InChI is InChI=1S/C23H25N3O2/c1-17-10-11-22(28-2)19(15-17)24-23(27)26-14-13-25-12-6-9-20(25)21(26)16-18-7-4-3-5-8-18/h3-12,15,21H,13-14,16H2,1-2H3,(H,24,27)/t21-/m1/s1. The van der Waals surface area contributed by atoms with E-state index >= 15 is 0 Å². The first kappa shape index (κ1) is 18.2. The lowest BCUT2D eigenvalue weighted by Gasteiger charge is -2.37. The summed E-state index contributed by atoms with van der Waals surface area (Å²) in [4.78, 5) is 15.2. The molecule has 0 saturated carbocycles. The number of benzene rings is 2. The van der Waals surface area contributed by atoms with Gasteiger partial charge < -0.3 is 19.5 Å². The first-order chi connectivity index (χ1) is 13.7. The van der Waals surface area contributed by atoms with E-state index in [4.69, 9.17) is 4.74 Å². The predicted molar refractivity (Wildman–Crippen MR) is 111 cm³/mol. The molecule has 1 aliphatic rings. The smallest absolute Gasteiger partial charge is 0.322 e. The van der Waals surface area contributed by atoms with E-state index in [1.165, 1.54) is 11.3 Å². The Morgan fingerprint density at radius 3 is 2.71 bits per heavy atom. The van der Waals surface area contributed by atoms with Crippen LogP contribution in [0, 0.1) is 6.92 Å². The van der Waals surface area contributed by atoms with Crippen LogP contribution in [0.2, 0.25) is 0 Å². The predicted octanol–water partition coefficient (Wildman–Crippen LogP) is 4.64. The fourth-order valence-corrected chi connectivity index (χ4v) is 3.87. The average molecular weight is 375 g/mol. The second-order valence-corrected chi connectivity index (χ2v) is 7.16. The molecule has 0 bridgehead atoms. The molecule has 144 valence electrons. The highest BCUT2D eigenvalue weighted by molar-refractivity contribution is 5.91. The lowest BCUT2D eigenvalue weighted by Crippen LogP contribution is -2.44.